The van der Waals surface area contributed by atoms with Crippen molar-refractivity contribution in [2.75, 3.05) is 53.0 Å². The van der Waals surface area contributed by atoms with Gasteiger partial charge in [0.05, 0.1) is 31.3 Å². The van der Waals surface area contributed by atoms with Crippen LogP contribution in [0.25, 0.3) is 10.9 Å². The van der Waals surface area contributed by atoms with Crippen LogP contribution in [-0.4, -0.2) is 83.8 Å². The highest BCUT2D eigenvalue weighted by atomic mass is 32.1. The van der Waals surface area contributed by atoms with Crippen LogP contribution in [0.1, 0.15) is 41.7 Å². The van der Waals surface area contributed by atoms with E-state index in [0.29, 0.717) is 19.3 Å². The predicted molar refractivity (Wildman–Crippen MR) is 161 cm³/mol. The number of rotatable bonds is 11. The Morgan fingerprint density at radius 2 is 2.00 bits per heavy atom. The number of morpholine rings is 1. The van der Waals surface area contributed by atoms with Crippen molar-refractivity contribution in [2.24, 2.45) is 5.41 Å². The second-order valence-electron chi connectivity index (χ2n) is 10.8. The largest absolute Gasteiger partial charge is 0.497 e. The van der Waals surface area contributed by atoms with Gasteiger partial charge in [0, 0.05) is 47.5 Å². The van der Waals surface area contributed by atoms with Crippen LogP contribution in [-0.2, 0) is 22.5 Å². The first-order valence-electron chi connectivity index (χ1n) is 14.0. The lowest BCUT2D eigenvalue weighted by Crippen LogP contribution is -2.49. The van der Waals surface area contributed by atoms with Crippen LogP contribution in [0.4, 0.5) is 0 Å². The maximum Gasteiger partial charge on any atom is 0.249 e. The van der Waals surface area contributed by atoms with E-state index in [2.05, 4.69) is 21.9 Å². The lowest BCUT2D eigenvalue weighted by molar-refractivity contribution is -0.143. The number of hydroxylamine groups is 1. The van der Waals surface area contributed by atoms with Crippen LogP contribution in [0.3, 0.4) is 0 Å². The standard InChI is InChI=1S/C30H38N4O4S2/c1-37-23-6-7-26-25(18-23)24(22(19-31-26)20-34-13-15-38-16-14-34)4-2-8-30(29(35)32-36)9-11-33(12-10-30)21-27(39)28-5-3-17-40-28/h3,5-7,17-19,36H,2,4,8-16,20-21H2,1H3,(H,32,35). The van der Waals surface area contributed by atoms with Crippen LogP contribution in [0.5, 0.6) is 5.75 Å². The fraction of sp³-hybridized carbons (Fsp3) is 0.500. The minimum absolute atomic E-state index is 0.275. The number of hydrogen-bond donors (Lipinski definition) is 2. The van der Waals surface area contributed by atoms with Crippen LogP contribution in [0, 0.1) is 5.41 Å². The molecule has 2 saturated heterocycles. The van der Waals surface area contributed by atoms with Gasteiger partial charge >= 0.3 is 0 Å². The zero-order valence-corrected chi connectivity index (χ0v) is 24.7. The Morgan fingerprint density at radius 1 is 1.20 bits per heavy atom. The number of likely N-dealkylation sites (tertiary alicyclic amines) is 1. The summed E-state index contributed by atoms with van der Waals surface area (Å²) in [5.74, 6) is 0.533. The molecule has 0 aliphatic carbocycles. The van der Waals surface area contributed by atoms with E-state index in [1.165, 1.54) is 11.1 Å². The second-order valence-corrected chi connectivity index (χ2v) is 12.2. The summed E-state index contributed by atoms with van der Waals surface area (Å²) in [5.41, 5.74) is 4.80. The van der Waals surface area contributed by atoms with Gasteiger partial charge in [-0.25, -0.2) is 5.48 Å². The van der Waals surface area contributed by atoms with E-state index in [4.69, 9.17) is 26.7 Å². The van der Waals surface area contributed by atoms with Gasteiger partial charge in [-0.3, -0.25) is 24.8 Å². The average Bonchev–Trinajstić information content (AvgIpc) is 3.54. The van der Waals surface area contributed by atoms with Gasteiger partial charge in [0.1, 0.15) is 5.75 Å². The summed E-state index contributed by atoms with van der Waals surface area (Å²) in [7, 11) is 1.68. The highest BCUT2D eigenvalue weighted by Gasteiger charge is 2.41. The molecule has 8 nitrogen and oxygen atoms in total. The number of hydrogen-bond acceptors (Lipinski definition) is 9. The molecule has 2 aliphatic heterocycles. The number of thiocarbonyl (C=S) groups is 1. The number of aryl methyl sites for hydroxylation is 1. The Kier molecular flexibility index (Phi) is 9.77. The summed E-state index contributed by atoms with van der Waals surface area (Å²) in [6.07, 6.45) is 5.74. The molecule has 0 atom stereocenters. The number of amides is 1. The quantitative estimate of drug-likeness (QED) is 0.148. The Bertz CT molecular complexity index is 1300. The summed E-state index contributed by atoms with van der Waals surface area (Å²) >= 11 is 7.33. The van der Waals surface area contributed by atoms with E-state index in [1.807, 2.05) is 35.3 Å². The Labute approximate surface area is 245 Å². The molecule has 0 unspecified atom stereocenters. The number of nitrogens with one attached hydrogen (secondary N) is 1. The number of thiophene rings is 1. The number of ether oxygens (including phenoxy) is 2. The van der Waals surface area contributed by atoms with Crippen molar-refractivity contribution < 1.29 is 19.5 Å². The van der Waals surface area contributed by atoms with Gasteiger partial charge < -0.3 is 9.47 Å². The number of carbonyl (C=O) groups excluding carboxylic acids is 1. The first kappa shape index (κ1) is 29.0. The van der Waals surface area contributed by atoms with Gasteiger partial charge in [0.2, 0.25) is 5.91 Å². The zero-order chi connectivity index (χ0) is 28.0. The van der Waals surface area contributed by atoms with Crippen LogP contribution in [0.15, 0.2) is 41.9 Å². The maximum atomic E-state index is 13.0. The smallest absolute Gasteiger partial charge is 0.249 e. The number of piperidine rings is 1. The third kappa shape index (κ3) is 6.70. The Balaban J connectivity index is 1.30. The first-order valence-corrected chi connectivity index (χ1v) is 15.3. The number of fused-ring (bicyclic) bond motifs is 1. The summed E-state index contributed by atoms with van der Waals surface area (Å²) in [4.78, 5) is 24.6. The van der Waals surface area contributed by atoms with E-state index < -0.39 is 5.41 Å². The van der Waals surface area contributed by atoms with Gasteiger partial charge in [-0.2, -0.15) is 0 Å². The van der Waals surface area contributed by atoms with Gasteiger partial charge in [-0.15, -0.1) is 11.3 Å². The molecule has 2 fully saturated rings. The Morgan fingerprint density at radius 3 is 2.70 bits per heavy atom. The maximum absolute atomic E-state index is 13.0. The lowest BCUT2D eigenvalue weighted by Gasteiger charge is -2.40. The van der Waals surface area contributed by atoms with Crippen molar-refractivity contribution in [1.82, 2.24) is 20.3 Å². The number of aromatic nitrogens is 1. The van der Waals surface area contributed by atoms with E-state index in [0.717, 1.165) is 91.7 Å². The van der Waals surface area contributed by atoms with Crippen molar-refractivity contribution in [3.05, 3.63) is 57.9 Å². The normalized spacial score (nSPS) is 18.1. The van der Waals surface area contributed by atoms with Crippen molar-refractivity contribution in [2.45, 2.75) is 38.6 Å². The molecule has 0 saturated carbocycles. The molecule has 4 heterocycles. The summed E-state index contributed by atoms with van der Waals surface area (Å²) in [6, 6.07) is 10.1. The number of pyridine rings is 1. The molecule has 0 radical (unpaired) electrons. The summed E-state index contributed by atoms with van der Waals surface area (Å²) in [6.45, 7) is 6.40. The molecule has 2 N–H and O–H groups in total. The van der Waals surface area contributed by atoms with Crippen LogP contribution in [0.2, 0.25) is 0 Å². The van der Waals surface area contributed by atoms with Crippen LogP contribution >= 0.6 is 23.6 Å². The minimum atomic E-state index is -0.597. The third-order valence-corrected chi connectivity index (χ3v) is 9.82. The molecular weight excluding hydrogens is 544 g/mol. The topological polar surface area (TPSA) is 87.2 Å². The monoisotopic (exact) mass is 582 g/mol. The highest BCUT2D eigenvalue weighted by Crippen LogP contribution is 2.38. The fourth-order valence-corrected chi connectivity index (χ4v) is 7.05. The first-order chi connectivity index (χ1) is 19.5. The SMILES string of the molecule is COc1ccc2ncc(CN3CCOCC3)c(CCCC3(C(=O)NO)CCN(CC(=S)c4cccs4)CC3)c2c1. The third-order valence-electron chi connectivity index (χ3n) is 8.42. The molecule has 0 spiro atoms. The lowest BCUT2D eigenvalue weighted by atomic mass is 9.73. The molecule has 2 aromatic heterocycles. The predicted octanol–water partition coefficient (Wildman–Crippen LogP) is 4.47. The molecular formula is C30H38N4O4S2. The second kappa shape index (κ2) is 13.5. The van der Waals surface area contributed by atoms with E-state index >= 15 is 0 Å². The number of benzene rings is 1. The Hall–Kier alpha value is -2.47. The van der Waals surface area contributed by atoms with Gasteiger partial charge in [-0.05, 0) is 86.0 Å². The number of carbonyl (C=O) groups is 1. The molecule has 10 heteroatoms. The molecule has 40 heavy (non-hydrogen) atoms. The molecule has 1 aromatic carbocycles. The molecule has 2 aliphatic rings. The molecule has 3 aromatic rings. The zero-order valence-electron chi connectivity index (χ0n) is 23.1. The van der Waals surface area contributed by atoms with Crippen molar-refractivity contribution in [3.63, 3.8) is 0 Å². The van der Waals surface area contributed by atoms with E-state index in [1.54, 1.807) is 18.4 Å². The summed E-state index contributed by atoms with van der Waals surface area (Å²) in [5, 5.41) is 12.8. The molecule has 5 rings (SSSR count). The van der Waals surface area contributed by atoms with Crippen molar-refractivity contribution >= 4 is 45.2 Å². The minimum Gasteiger partial charge on any atom is -0.497 e. The summed E-state index contributed by atoms with van der Waals surface area (Å²) < 4.78 is 11.1. The molecule has 1 amide bonds. The highest BCUT2D eigenvalue weighted by molar-refractivity contribution is 7.81. The fourth-order valence-electron chi connectivity index (χ4n) is 6.00. The van der Waals surface area contributed by atoms with E-state index in [-0.39, 0.29) is 5.91 Å². The van der Waals surface area contributed by atoms with Gasteiger partial charge in [0.15, 0.2) is 0 Å². The van der Waals surface area contributed by atoms with Gasteiger partial charge in [0.25, 0.3) is 0 Å². The average molecular weight is 583 g/mol. The van der Waals surface area contributed by atoms with Crippen molar-refractivity contribution in [3.8, 4) is 5.75 Å². The number of methoxy groups -OCH3 is 1. The van der Waals surface area contributed by atoms with Gasteiger partial charge in [-0.1, -0.05) is 18.3 Å². The number of nitrogens with zero attached hydrogens (tertiary/aromatic N) is 3. The molecule has 0 bridgehead atoms. The van der Waals surface area contributed by atoms with E-state index in [9.17, 15) is 10.0 Å². The van der Waals surface area contributed by atoms with Crippen LogP contribution < -0.4 is 10.2 Å². The van der Waals surface area contributed by atoms with Crippen molar-refractivity contribution in [1.29, 1.82) is 0 Å². The molecule has 214 valence electrons.